The molecule has 0 saturated carbocycles. The molecule has 0 aliphatic heterocycles. The number of nitrogens with one attached hydrogen (secondary N) is 1. The van der Waals surface area contributed by atoms with Gasteiger partial charge in [-0.25, -0.2) is 9.98 Å². The van der Waals surface area contributed by atoms with Crippen molar-refractivity contribution >= 4 is 28.9 Å². The molecule has 0 atom stereocenters. The molecule has 0 saturated heterocycles. The number of aryl methyl sites for hydroxylation is 1. The van der Waals surface area contributed by atoms with Gasteiger partial charge in [0.2, 0.25) is 11.7 Å². The summed E-state index contributed by atoms with van der Waals surface area (Å²) < 4.78 is 5.32. The van der Waals surface area contributed by atoms with Crippen LogP contribution in [0.1, 0.15) is 23.5 Å². The Balaban J connectivity index is 1.69. The van der Waals surface area contributed by atoms with Gasteiger partial charge >= 0.3 is 0 Å². The first-order valence-electron chi connectivity index (χ1n) is 8.54. The Kier molecular flexibility index (Phi) is 6.41. The zero-order valence-electron chi connectivity index (χ0n) is 15.4. The lowest BCUT2D eigenvalue weighted by atomic mass is 10.2. The molecule has 0 radical (unpaired) electrons. The quantitative estimate of drug-likeness (QED) is 0.497. The standard InChI is InChI=1S/C18H21ClN6OS/c1-4-20-18(25(3)10-15-11-27-12(2)22-15)21-9-16-23-17(24-26-16)13-6-5-7-14(19)8-13/h5-8,11H,4,9-10H2,1-3H3,(H,20,21). The molecule has 0 unspecified atom stereocenters. The van der Waals surface area contributed by atoms with Gasteiger partial charge in [0.25, 0.3) is 0 Å². The van der Waals surface area contributed by atoms with Gasteiger partial charge in [-0.15, -0.1) is 11.3 Å². The molecule has 2 heterocycles. The lowest BCUT2D eigenvalue weighted by molar-refractivity contribution is 0.379. The van der Waals surface area contributed by atoms with Crippen molar-refractivity contribution in [3.63, 3.8) is 0 Å². The van der Waals surface area contributed by atoms with Crippen LogP contribution < -0.4 is 5.32 Å². The molecule has 3 rings (SSSR count). The molecular weight excluding hydrogens is 384 g/mol. The third kappa shape index (κ3) is 5.27. The molecule has 0 aliphatic rings. The molecule has 1 aromatic carbocycles. The van der Waals surface area contributed by atoms with E-state index in [0.717, 1.165) is 28.8 Å². The smallest absolute Gasteiger partial charge is 0.248 e. The number of thiazole rings is 1. The molecule has 0 fully saturated rings. The SMILES string of the molecule is CCNC(=NCc1nc(-c2cccc(Cl)c2)no1)N(C)Cc1csc(C)n1. The van der Waals surface area contributed by atoms with E-state index in [9.17, 15) is 0 Å². The van der Waals surface area contributed by atoms with Gasteiger partial charge in [0, 0.05) is 29.6 Å². The van der Waals surface area contributed by atoms with E-state index in [0.29, 0.717) is 23.3 Å². The average molecular weight is 405 g/mol. The molecule has 0 bridgehead atoms. The van der Waals surface area contributed by atoms with E-state index in [4.69, 9.17) is 16.1 Å². The predicted molar refractivity (Wildman–Crippen MR) is 108 cm³/mol. The molecule has 9 heteroatoms. The van der Waals surface area contributed by atoms with Gasteiger partial charge in [-0.3, -0.25) is 0 Å². The van der Waals surface area contributed by atoms with Crippen molar-refractivity contribution in [1.82, 2.24) is 25.3 Å². The minimum Gasteiger partial charge on any atom is -0.357 e. The first kappa shape index (κ1) is 19.3. The van der Waals surface area contributed by atoms with Gasteiger partial charge < -0.3 is 14.7 Å². The highest BCUT2D eigenvalue weighted by Gasteiger charge is 2.11. The summed E-state index contributed by atoms with van der Waals surface area (Å²) in [5.41, 5.74) is 1.83. The lowest BCUT2D eigenvalue weighted by Gasteiger charge is -2.20. The molecule has 142 valence electrons. The van der Waals surface area contributed by atoms with Gasteiger partial charge in [0.1, 0.15) is 6.54 Å². The first-order chi connectivity index (χ1) is 13.0. The summed E-state index contributed by atoms with van der Waals surface area (Å²) in [6.45, 7) is 5.75. The minimum atomic E-state index is 0.288. The maximum atomic E-state index is 6.02. The minimum absolute atomic E-state index is 0.288. The van der Waals surface area contributed by atoms with E-state index < -0.39 is 0 Å². The zero-order valence-corrected chi connectivity index (χ0v) is 17.0. The Bertz CT molecular complexity index is 922. The van der Waals surface area contributed by atoms with Gasteiger partial charge in [-0.05, 0) is 26.0 Å². The number of aliphatic imine (C=N–C) groups is 1. The van der Waals surface area contributed by atoms with Crippen molar-refractivity contribution in [3.05, 3.63) is 51.3 Å². The zero-order chi connectivity index (χ0) is 19.2. The number of aromatic nitrogens is 3. The van der Waals surface area contributed by atoms with Crippen molar-refractivity contribution in [2.24, 2.45) is 4.99 Å². The van der Waals surface area contributed by atoms with Crippen LogP contribution in [0.2, 0.25) is 5.02 Å². The Morgan fingerprint density at radius 1 is 1.37 bits per heavy atom. The molecule has 1 N–H and O–H groups in total. The highest BCUT2D eigenvalue weighted by molar-refractivity contribution is 7.09. The summed E-state index contributed by atoms with van der Waals surface area (Å²) in [6.07, 6.45) is 0. The van der Waals surface area contributed by atoms with Crippen LogP contribution in [-0.2, 0) is 13.1 Å². The van der Waals surface area contributed by atoms with Gasteiger partial charge in [-0.1, -0.05) is 28.9 Å². The van der Waals surface area contributed by atoms with Crippen molar-refractivity contribution in [3.8, 4) is 11.4 Å². The Hall–Kier alpha value is -2.45. The average Bonchev–Trinajstić information content (AvgIpc) is 3.27. The second kappa shape index (κ2) is 8.96. The van der Waals surface area contributed by atoms with Crippen LogP contribution >= 0.6 is 22.9 Å². The number of guanidine groups is 1. The molecule has 0 spiro atoms. The normalized spacial score (nSPS) is 11.6. The van der Waals surface area contributed by atoms with Gasteiger partial charge in [-0.2, -0.15) is 4.98 Å². The van der Waals surface area contributed by atoms with E-state index in [2.05, 4.69) is 30.8 Å². The molecule has 0 aliphatic carbocycles. The third-order valence-corrected chi connectivity index (χ3v) is 4.73. The second-order valence-electron chi connectivity index (χ2n) is 5.91. The fourth-order valence-corrected chi connectivity index (χ4v) is 3.27. The van der Waals surface area contributed by atoms with E-state index in [1.807, 2.05) is 37.9 Å². The topological polar surface area (TPSA) is 79.4 Å². The van der Waals surface area contributed by atoms with Crippen LogP contribution in [0.4, 0.5) is 0 Å². The molecule has 0 amide bonds. The lowest BCUT2D eigenvalue weighted by Crippen LogP contribution is -2.38. The third-order valence-electron chi connectivity index (χ3n) is 3.68. The molecule has 7 nitrogen and oxygen atoms in total. The highest BCUT2D eigenvalue weighted by atomic mass is 35.5. The summed E-state index contributed by atoms with van der Waals surface area (Å²) in [5.74, 6) is 1.70. The summed E-state index contributed by atoms with van der Waals surface area (Å²) in [4.78, 5) is 15.5. The first-order valence-corrected chi connectivity index (χ1v) is 9.80. The maximum Gasteiger partial charge on any atom is 0.248 e. The van der Waals surface area contributed by atoms with Gasteiger partial charge in [0.15, 0.2) is 5.96 Å². The van der Waals surface area contributed by atoms with Crippen LogP contribution in [0, 0.1) is 6.92 Å². The van der Waals surface area contributed by atoms with Crippen molar-refractivity contribution in [1.29, 1.82) is 0 Å². The highest BCUT2D eigenvalue weighted by Crippen LogP contribution is 2.20. The van der Waals surface area contributed by atoms with Crippen molar-refractivity contribution < 1.29 is 4.52 Å². The number of hydrogen-bond acceptors (Lipinski definition) is 6. The summed E-state index contributed by atoms with van der Waals surface area (Å²) in [5, 5.41) is 11.0. The second-order valence-corrected chi connectivity index (χ2v) is 7.40. The van der Waals surface area contributed by atoms with E-state index in [1.165, 1.54) is 0 Å². The van der Waals surface area contributed by atoms with Crippen LogP contribution in [0.25, 0.3) is 11.4 Å². The maximum absolute atomic E-state index is 6.02. The monoisotopic (exact) mass is 404 g/mol. The Morgan fingerprint density at radius 2 is 2.22 bits per heavy atom. The molecule has 3 aromatic rings. The number of halogens is 1. The summed E-state index contributed by atoms with van der Waals surface area (Å²) >= 11 is 7.66. The number of hydrogen-bond donors (Lipinski definition) is 1. The predicted octanol–water partition coefficient (Wildman–Crippen LogP) is 3.75. The fraction of sp³-hybridized carbons (Fsp3) is 0.333. The van der Waals surface area contributed by atoms with E-state index >= 15 is 0 Å². The Labute approximate surface area is 167 Å². The summed E-state index contributed by atoms with van der Waals surface area (Å²) in [6, 6.07) is 7.34. The fourth-order valence-electron chi connectivity index (χ4n) is 2.47. The summed E-state index contributed by atoms with van der Waals surface area (Å²) in [7, 11) is 1.97. The van der Waals surface area contributed by atoms with E-state index in [1.54, 1.807) is 23.5 Å². The largest absolute Gasteiger partial charge is 0.357 e. The number of benzene rings is 1. The number of nitrogens with zero attached hydrogens (tertiary/aromatic N) is 5. The van der Waals surface area contributed by atoms with Gasteiger partial charge in [0.05, 0.1) is 17.2 Å². The van der Waals surface area contributed by atoms with Crippen molar-refractivity contribution in [2.45, 2.75) is 26.9 Å². The molecule has 27 heavy (non-hydrogen) atoms. The van der Waals surface area contributed by atoms with Crippen molar-refractivity contribution in [2.75, 3.05) is 13.6 Å². The molecular formula is C18H21ClN6OS. The molecule has 2 aromatic heterocycles. The van der Waals surface area contributed by atoms with Crippen LogP contribution in [-0.4, -0.2) is 39.6 Å². The van der Waals surface area contributed by atoms with Crippen LogP contribution in [0.5, 0.6) is 0 Å². The van der Waals surface area contributed by atoms with Crippen LogP contribution in [0.3, 0.4) is 0 Å². The van der Waals surface area contributed by atoms with E-state index in [-0.39, 0.29) is 6.54 Å². The Morgan fingerprint density at radius 3 is 2.93 bits per heavy atom. The number of rotatable bonds is 6. The van der Waals surface area contributed by atoms with Crippen LogP contribution in [0.15, 0.2) is 39.2 Å².